The molecule has 7 nitrogen and oxygen atoms in total. The van der Waals surface area contributed by atoms with E-state index in [1.54, 1.807) is 12.1 Å². The lowest BCUT2D eigenvalue weighted by Crippen LogP contribution is -2.53. The first-order chi connectivity index (χ1) is 18.6. The number of carbonyl (C=O) groups excluding carboxylic acids is 2. The number of aryl methyl sites for hydroxylation is 1. The lowest BCUT2D eigenvalue weighted by atomic mass is 10.0. The smallest absolute Gasteiger partial charge is 0.244 e. The van der Waals surface area contributed by atoms with Gasteiger partial charge in [0.15, 0.2) is 0 Å². The van der Waals surface area contributed by atoms with E-state index >= 15 is 0 Å². The predicted octanol–water partition coefficient (Wildman–Crippen LogP) is 4.94. The number of anilines is 1. The van der Waals surface area contributed by atoms with E-state index in [-0.39, 0.29) is 12.5 Å². The molecule has 39 heavy (non-hydrogen) atoms. The summed E-state index contributed by atoms with van der Waals surface area (Å²) in [6, 6.07) is 23.4. The second-order valence-electron chi connectivity index (χ2n) is 9.40. The van der Waals surface area contributed by atoms with Crippen molar-refractivity contribution in [1.29, 1.82) is 0 Å². The van der Waals surface area contributed by atoms with Crippen LogP contribution in [-0.2, 0) is 39.0 Å². The molecule has 0 fully saturated rings. The number of nitrogens with one attached hydrogen (secondary N) is 1. The zero-order chi connectivity index (χ0) is 28.4. The Balaban J connectivity index is 2.05. The molecule has 1 unspecified atom stereocenters. The highest BCUT2D eigenvalue weighted by Gasteiger charge is 2.33. The van der Waals surface area contributed by atoms with Gasteiger partial charge in [-0.2, -0.15) is 0 Å². The van der Waals surface area contributed by atoms with Gasteiger partial charge >= 0.3 is 0 Å². The fourth-order valence-electron chi connectivity index (χ4n) is 4.35. The SMILES string of the molecule is CCCNC(=O)C(Cc1ccccc1)N(Cc1ccc(Br)cc1)C(=O)CN(c1ccccc1CC)S(C)(=O)=O. The van der Waals surface area contributed by atoms with Gasteiger partial charge in [0.05, 0.1) is 11.9 Å². The zero-order valence-corrected chi connectivity index (χ0v) is 25.0. The van der Waals surface area contributed by atoms with Crippen molar-refractivity contribution in [2.45, 2.75) is 45.7 Å². The maximum Gasteiger partial charge on any atom is 0.244 e. The number of hydrogen-bond acceptors (Lipinski definition) is 4. The molecule has 0 saturated heterocycles. The Morgan fingerprint density at radius 3 is 2.15 bits per heavy atom. The van der Waals surface area contributed by atoms with Crippen molar-refractivity contribution in [3.63, 3.8) is 0 Å². The standard InChI is InChI=1S/C30H36BrN3O4S/c1-4-19-32-30(36)28(20-23-11-7-6-8-12-23)33(21-24-15-17-26(31)18-16-24)29(35)22-34(39(3,37)38)27-14-10-9-13-25(27)5-2/h6-18,28H,4-5,19-22H2,1-3H3,(H,32,36). The van der Waals surface area contributed by atoms with Crippen LogP contribution < -0.4 is 9.62 Å². The molecule has 1 atom stereocenters. The molecule has 9 heteroatoms. The van der Waals surface area contributed by atoms with Crippen LogP contribution in [0.2, 0.25) is 0 Å². The second kappa shape index (κ2) is 14.3. The monoisotopic (exact) mass is 613 g/mol. The van der Waals surface area contributed by atoms with Gasteiger partial charge in [0.1, 0.15) is 12.6 Å². The van der Waals surface area contributed by atoms with E-state index in [0.717, 1.165) is 38.1 Å². The highest BCUT2D eigenvalue weighted by molar-refractivity contribution is 9.10. The Labute approximate surface area is 240 Å². The van der Waals surface area contributed by atoms with Crippen molar-refractivity contribution in [2.24, 2.45) is 0 Å². The Morgan fingerprint density at radius 1 is 0.897 bits per heavy atom. The number of nitrogens with zero attached hydrogens (tertiary/aromatic N) is 2. The molecule has 0 heterocycles. The lowest BCUT2D eigenvalue weighted by molar-refractivity contribution is -0.140. The molecule has 3 rings (SSSR count). The molecule has 208 valence electrons. The van der Waals surface area contributed by atoms with E-state index < -0.39 is 28.5 Å². The van der Waals surface area contributed by atoms with E-state index in [2.05, 4.69) is 21.2 Å². The third-order valence-corrected chi connectivity index (χ3v) is 8.06. The van der Waals surface area contributed by atoms with E-state index in [1.807, 2.05) is 80.6 Å². The van der Waals surface area contributed by atoms with Crippen LogP contribution in [-0.4, -0.2) is 50.5 Å². The molecule has 0 spiro atoms. The van der Waals surface area contributed by atoms with Crippen molar-refractivity contribution >= 4 is 43.5 Å². The van der Waals surface area contributed by atoms with Crippen LogP contribution in [0.1, 0.15) is 37.0 Å². The molecule has 0 aliphatic rings. The zero-order valence-electron chi connectivity index (χ0n) is 22.6. The number of para-hydroxylation sites is 1. The molecule has 3 aromatic rings. The largest absolute Gasteiger partial charge is 0.354 e. The van der Waals surface area contributed by atoms with Crippen LogP contribution in [0.5, 0.6) is 0 Å². The van der Waals surface area contributed by atoms with Crippen LogP contribution >= 0.6 is 15.9 Å². The van der Waals surface area contributed by atoms with Gasteiger partial charge in [0.2, 0.25) is 21.8 Å². The average Bonchev–Trinajstić information content (AvgIpc) is 2.93. The minimum atomic E-state index is -3.80. The first kappa shape index (κ1) is 30.4. The molecule has 0 aliphatic carbocycles. The Kier molecular flexibility index (Phi) is 11.1. The van der Waals surface area contributed by atoms with Crippen LogP contribution in [0.3, 0.4) is 0 Å². The van der Waals surface area contributed by atoms with Gasteiger partial charge in [-0.1, -0.05) is 90.4 Å². The number of hydrogen-bond donors (Lipinski definition) is 1. The van der Waals surface area contributed by atoms with Crippen molar-refractivity contribution < 1.29 is 18.0 Å². The van der Waals surface area contributed by atoms with Crippen LogP contribution in [0.15, 0.2) is 83.3 Å². The molecule has 0 bridgehead atoms. The summed E-state index contributed by atoms with van der Waals surface area (Å²) in [6.45, 7) is 4.11. The number of amides is 2. The Bertz CT molecular complexity index is 1350. The maximum absolute atomic E-state index is 14.1. The van der Waals surface area contributed by atoms with Crippen molar-refractivity contribution in [3.8, 4) is 0 Å². The van der Waals surface area contributed by atoms with E-state index in [0.29, 0.717) is 25.1 Å². The summed E-state index contributed by atoms with van der Waals surface area (Å²) in [4.78, 5) is 29.1. The van der Waals surface area contributed by atoms with Crippen molar-refractivity contribution in [1.82, 2.24) is 10.2 Å². The average molecular weight is 615 g/mol. The molecule has 3 aromatic carbocycles. The minimum absolute atomic E-state index is 0.149. The predicted molar refractivity (Wildman–Crippen MR) is 160 cm³/mol. The van der Waals surface area contributed by atoms with Crippen molar-refractivity contribution in [3.05, 3.63) is 100 Å². The number of benzene rings is 3. The molecule has 0 saturated carbocycles. The quantitative estimate of drug-likeness (QED) is 0.296. The first-order valence-electron chi connectivity index (χ1n) is 13.0. The van der Waals surface area contributed by atoms with E-state index in [9.17, 15) is 18.0 Å². The number of rotatable bonds is 13. The molecule has 0 aliphatic heterocycles. The van der Waals surface area contributed by atoms with Gasteiger partial charge in [0.25, 0.3) is 0 Å². The summed E-state index contributed by atoms with van der Waals surface area (Å²) >= 11 is 3.44. The molecule has 1 N–H and O–H groups in total. The summed E-state index contributed by atoms with van der Waals surface area (Å²) in [6.07, 6.45) is 2.75. The van der Waals surface area contributed by atoms with Gasteiger partial charge in [-0.15, -0.1) is 0 Å². The van der Waals surface area contributed by atoms with Gasteiger partial charge in [0, 0.05) is 24.0 Å². The van der Waals surface area contributed by atoms with Gasteiger partial charge in [-0.25, -0.2) is 8.42 Å². The highest BCUT2D eigenvalue weighted by Crippen LogP contribution is 2.25. The second-order valence-corrected chi connectivity index (χ2v) is 12.2. The van der Waals surface area contributed by atoms with E-state index in [1.165, 1.54) is 4.90 Å². The molecular formula is C30H36BrN3O4S. The molecule has 0 radical (unpaired) electrons. The van der Waals surface area contributed by atoms with Crippen LogP contribution in [0.4, 0.5) is 5.69 Å². The lowest BCUT2D eigenvalue weighted by Gasteiger charge is -2.34. The third kappa shape index (κ3) is 8.66. The normalized spacial score (nSPS) is 12.0. The first-order valence-corrected chi connectivity index (χ1v) is 15.7. The van der Waals surface area contributed by atoms with Crippen LogP contribution in [0.25, 0.3) is 0 Å². The number of halogens is 1. The molecular weight excluding hydrogens is 578 g/mol. The molecule has 0 aromatic heterocycles. The number of carbonyl (C=O) groups is 2. The van der Waals surface area contributed by atoms with Crippen LogP contribution in [0, 0.1) is 0 Å². The topological polar surface area (TPSA) is 86.8 Å². The Hall–Kier alpha value is -3.17. The fraction of sp³-hybridized carbons (Fsp3) is 0.333. The Morgan fingerprint density at radius 2 is 1.54 bits per heavy atom. The number of sulfonamides is 1. The molecule has 2 amide bonds. The maximum atomic E-state index is 14.1. The summed E-state index contributed by atoms with van der Waals surface area (Å²) in [7, 11) is -3.80. The summed E-state index contributed by atoms with van der Waals surface area (Å²) in [5.41, 5.74) is 3.01. The van der Waals surface area contributed by atoms with Crippen molar-refractivity contribution in [2.75, 3.05) is 23.7 Å². The van der Waals surface area contributed by atoms with Gasteiger partial charge in [-0.05, 0) is 47.7 Å². The third-order valence-electron chi connectivity index (χ3n) is 6.41. The van der Waals surface area contributed by atoms with E-state index in [4.69, 9.17) is 0 Å². The highest BCUT2D eigenvalue weighted by atomic mass is 79.9. The summed E-state index contributed by atoms with van der Waals surface area (Å²) in [5.74, 6) is -0.729. The minimum Gasteiger partial charge on any atom is -0.354 e. The van der Waals surface area contributed by atoms with Gasteiger partial charge in [-0.3, -0.25) is 13.9 Å². The van der Waals surface area contributed by atoms with Gasteiger partial charge < -0.3 is 10.2 Å². The fourth-order valence-corrected chi connectivity index (χ4v) is 5.50. The summed E-state index contributed by atoms with van der Waals surface area (Å²) in [5, 5.41) is 2.94. The summed E-state index contributed by atoms with van der Waals surface area (Å²) < 4.78 is 28.0.